The highest BCUT2D eigenvalue weighted by Crippen LogP contribution is 2.23. The largest absolute Gasteiger partial charge is 0.348 e. The number of hydrogen-bond donors (Lipinski definition) is 2. The molecule has 2 atom stereocenters. The average molecular weight is 331 g/mol. The first-order valence-electron chi connectivity index (χ1n) is 7.54. The first-order valence-corrected chi connectivity index (χ1v) is 7.54. The van der Waals surface area contributed by atoms with Crippen LogP contribution in [0.3, 0.4) is 0 Å². The highest BCUT2D eigenvalue weighted by molar-refractivity contribution is 5.83. The van der Waals surface area contributed by atoms with Crippen molar-refractivity contribution in [1.82, 2.24) is 20.4 Å². The van der Waals surface area contributed by atoms with E-state index >= 15 is 0 Å². The summed E-state index contributed by atoms with van der Waals surface area (Å²) in [5.74, 6) is -0.221. The lowest BCUT2D eigenvalue weighted by molar-refractivity contribution is -0.385. The maximum absolute atomic E-state index is 12.5. The van der Waals surface area contributed by atoms with Crippen molar-refractivity contribution < 1.29 is 9.72 Å². The summed E-state index contributed by atoms with van der Waals surface area (Å²) < 4.78 is 1.62. The Morgan fingerprint density at radius 2 is 2.08 bits per heavy atom. The van der Waals surface area contributed by atoms with E-state index in [1.807, 2.05) is 0 Å². The molecular formula is C16H21N5O3. The number of carbonyl (C=O) groups excluding carboxylic acids is 1. The molecule has 8 nitrogen and oxygen atoms in total. The number of nitro benzene ring substituents is 1. The van der Waals surface area contributed by atoms with Crippen LogP contribution in [0.2, 0.25) is 0 Å². The van der Waals surface area contributed by atoms with E-state index < -0.39 is 11.0 Å². The monoisotopic (exact) mass is 331 g/mol. The predicted octanol–water partition coefficient (Wildman–Crippen LogP) is 1.77. The normalized spacial score (nSPS) is 13.3. The van der Waals surface area contributed by atoms with Gasteiger partial charge in [-0.2, -0.15) is 5.10 Å². The third kappa shape index (κ3) is 3.77. The Hall–Kier alpha value is -2.74. The SMILES string of the molecule is CNC(C(=O)NC(C)c1ccc(C)c([N+](=O)[O-])c1)c1cnn(C)c1. The second-order valence-electron chi connectivity index (χ2n) is 5.70. The second-order valence-corrected chi connectivity index (χ2v) is 5.70. The van der Waals surface area contributed by atoms with E-state index in [1.54, 1.807) is 57.2 Å². The number of aryl methyl sites for hydroxylation is 2. The molecule has 0 spiro atoms. The summed E-state index contributed by atoms with van der Waals surface area (Å²) in [4.78, 5) is 23.2. The van der Waals surface area contributed by atoms with Crippen LogP contribution in [0.15, 0.2) is 30.6 Å². The number of aromatic nitrogens is 2. The van der Waals surface area contributed by atoms with Crippen LogP contribution in [0.1, 0.15) is 35.7 Å². The number of nitro groups is 1. The van der Waals surface area contributed by atoms with Gasteiger partial charge in [0.25, 0.3) is 5.69 Å². The molecule has 2 aromatic rings. The quantitative estimate of drug-likeness (QED) is 0.620. The average Bonchev–Trinajstić information content (AvgIpc) is 2.94. The molecule has 0 bridgehead atoms. The molecule has 1 aromatic carbocycles. The summed E-state index contributed by atoms with van der Waals surface area (Å²) in [5.41, 5.74) is 2.07. The number of carbonyl (C=O) groups is 1. The Bertz CT molecular complexity index is 756. The van der Waals surface area contributed by atoms with E-state index in [-0.39, 0.29) is 17.6 Å². The van der Waals surface area contributed by atoms with Gasteiger partial charge in [0.05, 0.1) is 17.2 Å². The Morgan fingerprint density at radius 1 is 1.38 bits per heavy atom. The third-order valence-corrected chi connectivity index (χ3v) is 3.90. The summed E-state index contributed by atoms with van der Waals surface area (Å²) >= 11 is 0. The van der Waals surface area contributed by atoms with E-state index in [1.165, 1.54) is 6.07 Å². The Labute approximate surface area is 140 Å². The van der Waals surface area contributed by atoms with E-state index in [2.05, 4.69) is 15.7 Å². The van der Waals surface area contributed by atoms with E-state index in [9.17, 15) is 14.9 Å². The Balaban J connectivity index is 2.16. The molecule has 0 aliphatic carbocycles. The van der Waals surface area contributed by atoms with Crippen molar-refractivity contribution >= 4 is 11.6 Å². The number of hydrogen-bond acceptors (Lipinski definition) is 5. The van der Waals surface area contributed by atoms with Gasteiger partial charge in [-0.25, -0.2) is 0 Å². The second kappa shape index (κ2) is 7.22. The molecule has 0 saturated carbocycles. The zero-order valence-electron chi connectivity index (χ0n) is 14.1. The zero-order chi connectivity index (χ0) is 17.9. The van der Waals surface area contributed by atoms with Crippen molar-refractivity contribution in [2.24, 2.45) is 7.05 Å². The molecule has 128 valence electrons. The summed E-state index contributed by atoms with van der Waals surface area (Å²) in [5, 5.41) is 21.0. The molecule has 1 aromatic heterocycles. The number of likely N-dealkylation sites (N-methyl/N-ethyl adjacent to an activating group) is 1. The molecular weight excluding hydrogens is 310 g/mol. The van der Waals surface area contributed by atoms with Gasteiger partial charge in [-0.05, 0) is 26.5 Å². The van der Waals surface area contributed by atoms with Crippen LogP contribution in [-0.4, -0.2) is 27.7 Å². The standard InChI is InChI=1S/C16H21N5O3/c1-10-5-6-12(7-14(10)21(23)24)11(2)19-16(22)15(17-3)13-8-18-20(4)9-13/h5-9,11,15,17H,1-4H3,(H,19,22). The maximum Gasteiger partial charge on any atom is 0.272 e. The summed E-state index contributed by atoms with van der Waals surface area (Å²) in [7, 11) is 3.47. The van der Waals surface area contributed by atoms with Gasteiger partial charge in [0.2, 0.25) is 5.91 Å². The van der Waals surface area contributed by atoms with E-state index in [0.29, 0.717) is 11.1 Å². The number of benzene rings is 1. The van der Waals surface area contributed by atoms with Crippen LogP contribution in [0, 0.1) is 17.0 Å². The summed E-state index contributed by atoms with van der Waals surface area (Å²) in [6.07, 6.45) is 3.39. The summed E-state index contributed by atoms with van der Waals surface area (Å²) in [6, 6.07) is 4.07. The van der Waals surface area contributed by atoms with Crippen molar-refractivity contribution in [3.05, 3.63) is 57.4 Å². The van der Waals surface area contributed by atoms with Crippen LogP contribution in [0.25, 0.3) is 0 Å². The van der Waals surface area contributed by atoms with Gasteiger partial charge in [-0.15, -0.1) is 0 Å². The first-order chi connectivity index (χ1) is 11.3. The molecule has 2 N–H and O–H groups in total. The Morgan fingerprint density at radius 3 is 2.62 bits per heavy atom. The molecule has 0 saturated heterocycles. The van der Waals surface area contributed by atoms with Crippen molar-refractivity contribution in [3.63, 3.8) is 0 Å². The van der Waals surface area contributed by atoms with Crippen molar-refractivity contribution in [2.45, 2.75) is 25.9 Å². The predicted molar refractivity (Wildman–Crippen MR) is 89.4 cm³/mol. The third-order valence-electron chi connectivity index (χ3n) is 3.90. The highest BCUT2D eigenvalue weighted by atomic mass is 16.6. The first kappa shape index (κ1) is 17.6. The molecule has 0 aliphatic rings. The molecule has 24 heavy (non-hydrogen) atoms. The molecule has 8 heteroatoms. The molecule has 0 fully saturated rings. The molecule has 0 radical (unpaired) electrons. The molecule has 1 amide bonds. The summed E-state index contributed by atoms with van der Waals surface area (Å²) in [6.45, 7) is 3.48. The lowest BCUT2D eigenvalue weighted by Gasteiger charge is -2.19. The number of nitrogens with one attached hydrogen (secondary N) is 2. The van der Waals surface area contributed by atoms with Crippen LogP contribution >= 0.6 is 0 Å². The minimum Gasteiger partial charge on any atom is -0.348 e. The topological polar surface area (TPSA) is 102 Å². The van der Waals surface area contributed by atoms with Gasteiger partial charge in [-0.1, -0.05) is 12.1 Å². The van der Waals surface area contributed by atoms with Crippen LogP contribution < -0.4 is 10.6 Å². The molecule has 2 rings (SSSR count). The lowest BCUT2D eigenvalue weighted by Crippen LogP contribution is -2.37. The zero-order valence-corrected chi connectivity index (χ0v) is 14.1. The lowest BCUT2D eigenvalue weighted by atomic mass is 10.0. The molecule has 2 unspecified atom stereocenters. The van der Waals surface area contributed by atoms with Gasteiger partial charge in [0.1, 0.15) is 6.04 Å². The smallest absolute Gasteiger partial charge is 0.272 e. The maximum atomic E-state index is 12.5. The fourth-order valence-corrected chi connectivity index (χ4v) is 2.51. The van der Waals surface area contributed by atoms with Gasteiger partial charge in [0, 0.05) is 30.4 Å². The minimum atomic E-state index is -0.540. The Kier molecular flexibility index (Phi) is 5.30. The molecule has 0 aliphatic heterocycles. The van der Waals surface area contributed by atoms with Crippen LogP contribution in [0.5, 0.6) is 0 Å². The van der Waals surface area contributed by atoms with Gasteiger partial charge in [-0.3, -0.25) is 19.6 Å². The van der Waals surface area contributed by atoms with Crippen molar-refractivity contribution in [2.75, 3.05) is 7.05 Å². The van der Waals surface area contributed by atoms with Crippen LogP contribution in [-0.2, 0) is 11.8 Å². The van der Waals surface area contributed by atoms with E-state index in [4.69, 9.17) is 0 Å². The number of amides is 1. The van der Waals surface area contributed by atoms with Gasteiger partial charge < -0.3 is 10.6 Å². The fourth-order valence-electron chi connectivity index (χ4n) is 2.51. The van der Waals surface area contributed by atoms with Gasteiger partial charge in [0.15, 0.2) is 0 Å². The van der Waals surface area contributed by atoms with Crippen molar-refractivity contribution in [1.29, 1.82) is 0 Å². The van der Waals surface area contributed by atoms with Crippen molar-refractivity contribution in [3.8, 4) is 0 Å². The van der Waals surface area contributed by atoms with Gasteiger partial charge >= 0.3 is 0 Å². The number of rotatable bonds is 6. The highest BCUT2D eigenvalue weighted by Gasteiger charge is 2.23. The minimum absolute atomic E-state index is 0.0472. The number of nitrogens with zero attached hydrogens (tertiary/aromatic N) is 3. The molecule has 1 heterocycles. The van der Waals surface area contributed by atoms with E-state index in [0.717, 1.165) is 5.56 Å². The van der Waals surface area contributed by atoms with Crippen LogP contribution in [0.4, 0.5) is 5.69 Å². The fraction of sp³-hybridized carbons (Fsp3) is 0.375.